The van der Waals surface area contributed by atoms with Crippen molar-refractivity contribution in [1.29, 1.82) is 0 Å². The minimum absolute atomic E-state index is 0.0481. The number of imide groups is 1. The number of nitro benzene ring substituents is 1. The summed E-state index contributed by atoms with van der Waals surface area (Å²) in [5.41, 5.74) is 1.10. The Morgan fingerprint density at radius 2 is 1.97 bits per heavy atom. The minimum atomic E-state index is -0.509. The van der Waals surface area contributed by atoms with Crippen molar-refractivity contribution in [2.75, 3.05) is 19.6 Å². The maximum atomic E-state index is 12.9. The lowest BCUT2D eigenvalue weighted by atomic mass is 9.99. The standard InChI is InChI=1S/C22H22N4O5S/c1-15-7-10-23(11-8-15)20(27)14-25-21(28)19(32-22(25)29)13-17-6-3-9-24(17)16-4-2-5-18(12-16)26(30)31/h2-6,9,12-13,15H,7-8,10-11,14H2,1H3. The first-order valence-corrected chi connectivity index (χ1v) is 11.1. The van der Waals surface area contributed by atoms with Gasteiger partial charge in [-0.15, -0.1) is 0 Å². The van der Waals surface area contributed by atoms with Crippen molar-refractivity contribution in [3.63, 3.8) is 0 Å². The third kappa shape index (κ3) is 4.45. The van der Waals surface area contributed by atoms with E-state index in [2.05, 4.69) is 6.92 Å². The fourth-order valence-electron chi connectivity index (χ4n) is 3.77. The molecule has 0 N–H and O–H groups in total. The van der Waals surface area contributed by atoms with Crippen molar-refractivity contribution < 1.29 is 19.3 Å². The molecule has 0 unspecified atom stereocenters. The van der Waals surface area contributed by atoms with Crippen molar-refractivity contribution in [2.24, 2.45) is 5.92 Å². The number of benzene rings is 1. The first kappa shape index (κ1) is 21.8. The predicted molar refractivity (Wildman–Crippen MR) is 120 cm³/mol. The Kier molecular flexibility index (Phi) is 6.13. The molecule has 3 heterocycles. The van der Waals surface area contributed by atoms with Gasteiger partial charge in [-0.25, -0.2) is 0 Å². The van der Waals surface area contributed by atoms with Crippen LogP contribution >= 0.6 is 11.8 Å². The lowest BCUT2D eigenvalue weighted by Crippen LogP contribution is -2.45. The zero-order valence-corrected chi connectivity index (χ0v) is 18.3. The number of thioether (sulfide) groups is 1. The van der Waals surface area contributed by atoms with E-state index in [0.717, 1.165) is 29.5 Å². The van der Waals surface area contributed by atoms with Gasteiger partial charge >= 0.3 is 0 Å². The highest BCUT2D eigenvalue weighted by atomic mass is 32.2. The fraction of sp³-hybridized carbons (Fsp3) is 0.318. The van der Waals surface area contributed by atoms with Crippen molar-refractivity contribution in [1.82, 2.24) is 14.4 Å². The van der Waals surface area contributed by atoms with Gasteiger partial charge < -0.3 is 9.47 Å². The smallest absolute Gasteiger partial charge is 0.294 e. The van der Waals surface area contributed by atoms with E-state index >= 15 is 0 Å². The molecule has 2 aromatic rings. The average molecular weight is 455 g/mol. The summed E-state index contributed by atoms with van der Waals surface area (Å²) in [5, 5.41) is 10.6. The quantitative estimate of drug-likeness (QED) is 0.388. The van der Waals surface area contributed by atoms with E-state index in [1.807, 2.05) is 0 Å². The van der Waals surface area contributed by atoms with Crippen LogP contribution in [0.15, 0.2) is 47.5 Å². The topological polar surface area (TPSA) is 106 Å². The van der Waals surface area contributed by atoms with Gasteiger partial charge in [-0.1, -0.05) is 13.0 Å². The van der Waals surface area contributed by atoms with Gasteiger partial charge in [-0.3, -0.25) is 29.4 Å². The molecule has 0 bridgehead atoms. The highest BCUT2D eigenvalue weighted by molar-refractivity contribution is 8.18. The predicted octanol–water partition coefficient (Wildman–Crippen LogP) is 3.68. The molecule has 9 nitrogen and oxygen atoms in total. The number of non-ortho nitro benzene ring substituents is 1. The van der Waals surface area contributed by atoms with Crippen molar-refractivity contribution in [2.45, 2.75) is 19.8 Å². The molecule has 166 valence electrons. The second kappa shape index (κ2) is 8.99. The number of nitrogens with zero attached hydrogens (tertiary/aromatic N) is 4. The van der Waals surface area contributed by atoms with E-state index < -0.39 is 16.1 Å². The third-order valence-electron chi connectivity index (χ3n) is 5.68. The van der Waals surface area contributed by atoms with Crippen LogP contribution in [0.1, 0.15) is 25.5 Å². The third-order valence-corrected chi connectivity index (χ3v) is 6.59. The minimum Gasteiger partial charge on any atom is -0.341 e. The molecule has 2 fully saturated rings. The summed E-state index contributed by atoms with van der Waals surface area (Å²) in [4.78, 5) is 51.4. The van der Waals surface area contributed by atoms with Crippen LogP contribution in [0.5, 0.6) is 0 Å². The summed E-state index contributed by atoms with van der Waals surface area (Å²) in [5.74, 6) is -0.160. The number of piperidine rings is 1. The number of carbonyl (C=O) groups is 3. The number of rotatable bonds is 5. The van der Waals surface area contributed by atoms with E-state index in [4.69, 9.17) is 0 Å². The van der Waals surface area contributed by atoms with Gasteiger partial charge in [0.25, 0.3) is 16.8 Å². The molecule has 10 heteroatoms. The number of aromatic nitrogens is 1. The molecule has 0 atom stereocenters. The second-order valence-electron chi connectivity index (χ2n) is 7.91. The Balaban J connectivity index is 1.52. The molecule has 3 amide bonds. The van der Waals surface area contributed by atoms with Gasteiger partial charge in [0.2, 0.25) is 5.91 Å². The van der Waals surface area contributed by atoms with E-state index in [0.29, 0.717) is 30.4 Å². The molecular weight excluding hydrogens is 432 g/mol. The van der Waals surface area contributed by atoms with Gasteiger partial charge in [0.05, 0.1) is 15.5 Å². The van der Waals surface area contributed by atoms with E-state index in [1.165, 1.54) is 12.1 Å². The van der Waals surface area contributed by atoms with Crippen LogP contribution in [-0.2, 0) is 9.59 Å². The number of likely N-dealkylation sites (tertiary alicyclic amines) is 1. The van der Waals surface area contributed by atoms with Gasteiger partial charge in [0, 0.05) is 37.1 Å². The molecule has 0 radical (unpaired) electrons. The van der Waals surface area contributed by atoms with Crippen LogP contribution in [0.3, 0.4) is 0 Å². The summed E-state index contributed by atoms with van der Waals surface area (Å²) in [7, 11) is 0. The summed E-state index contributed by atoms with van der Waals surface area (Å²) in [6.45, 7) is 3.17. The van der Waals surface area contributed by atoms with Crippen LogP contribution < -0.4 is 0 Å². The molecule has 4 rings (SSSR count). The van der Waals surface area contributed by atoms with Gasteiger partial charge in [0.1, 0.15) is 6.54 Å². The molecule has 0 spiro atoms. The van der Waals surface area contributed by atoms with Crippen LogP contribution in [0.2, 0.25) is 0 Å². The van der Waals surface area contributed by atoms with E-state index in [1.54, 1.807) is 46.0 Å². The monoisotopic (exact) mass is 454 g/mol. The fourth-order valence-corrected chi connectivity index (χ4v) is 4.59. The van der Waals surface area contributed by atoms with Gasteiger partial charge in [0.15, 0.2) is 0 Å². The summed E-state index contributed by atoms with van der Waals surface area (Å²) >= 11 is 0.787. The Morgan fingerprint density at radius 1 is 1.22 bits per heavy atom. The average Bonchev–Trinajstić information content (AvgIpc) is 3.34. The van der Waals surface area contributed by atoms with Crippen molar-refractivity contribution in [3.05, 3.63) is 63.3 Å². The summed E-state index contributed by atoms with van der Waals surface area (Å²) < 4.78 is 1.70. The van der Waals surface area contributed by atoms with Gasteiger partial charge in [-0.2, -0.15) is 0 Å². The Hall–Kier alpha value is -3.40. The molecular formula is C22H22N4O5S. The van der Waals surface area contributed by atoms with Crippen LogP contribution in [0.4, 0.5) is 10.5 Å². The zero-order valence-electron chi connectivity index (χ0n) is 17.5. The van der Waals surface area contributed by atoms with Crippen molar-refractivity contribution >= 4 is 40.6 Å². The maximum absolute atomic E-state index is 12.9. The summed E-state index contributed by atoms with van der Waals surface area (Å²) in [6, 6.07) is 9.62. The second-order valence-corrected chi connectivity index (χ2v) is 8.90. The number of amides is 3. The molecule has 1 aromatic heterocycles. The normalized spacial score (nSPS) is 18.6. The molecule has 2 aliphatic heterocycles. The molecule has 0 aliphatic carbocycles. The molecule has 0 saturated carbocycles. The molecule has 32 heavy (non-hydrogen) atoms. The van der Waals surface area contributed by atoms with Crippen LogP contribution in [0, 0.1) is 16.0 Å². The lowest BCUT2D eigenvalue weighted by molar-refractivity contribution is -0.384. The largest absolute Gasteiger partial charge is 0.341 e. The van der Waals surface area contributed by atoms with E-state index in [-0.39, 0.29) is 23.0 Å². The Morgan fingerprint density at radius 3 is 2.69 bits per heavy atom. The lowest BCUT2D eigenvalue weighted by Gasteiger charge is -2.31. The number of hydrogen-bond acceptors (Lipinski definition) is 6. The van der Waals surface area contributed by atoms with Crippen molar-refractivity contribution in [3.8, 4) is 5.69 Å². The highest BCUT2D eigenvalue weighted by Gasteiger charge is 2.37. The highest BCUT2D eigenvalue weighted by Crippen LogP contribution is 2.33. The number of nitro groups is 1. The summed E-state index contributed by atoms with van der Waals surface area (Å²) in [6.07, 6.45) is 5.12. The van der Waals surface area contributed by atoms with Crippen LogP contribution in [0.25, 0.3) is 11.8 Å². The molecule has 2 aliphatic rings. The first-order chi connectivity index (χ1) is 15.3. The number of hydrogen-bond donors (Lipinski definition) is 0. The SMILES string of the molecule is CC1CCN(C(=O)CN2C(=O)SC(=Cc3cccn3-c3cccc([N+](=O)[O-])c3)C2=O)CC1. The zero-order chi connectivity index (χ0) is 22.8. The van der Waals surface area contributed by atoms with E-state index in [9.17, 15) is 24.5 Å². The van der Waals surface area contributed by atoms with Crippen LogP contribution in [-0.4, -0.2) is 56.0 Å². The molecule has 1 aromatic carbocycles. The van der Waals surface area contributed by atoms with Gasteiger partial charge in [-0.05, 0) is 54.8 Å². The Bertz CT molecular complexity index is 1120. The maximum Gasteiger partial charge on any atom is 0.294 e. The molecule has 2 saturated heterocycles. The first-order valence-electron chi connectivity index (χ1n) is 10.3. The number of carbonyl (C=O) groups excluding carboxylic acids is 3. The Labute approximate surface area is 188 Å².